The quantitative estimate of drug-likeness (QED) is 0.476. The van der Waals surface area contributed by atoms with Crippen LogP contribution in [-0.2, 0) is 4.74 Å². The van der Waals surface area contributed by atoms with Crippen molar-refractivity contribution < 1.29 is 4.74 Å². The summed E-state index contributed by atoms with van der Waals surface area (Å²) in [6.45, 7) is 3.16. The molecule has 0 spiro atoms. The lowest BCUT2D eigenvalue weighted by atomic mass is 10.2. The molecule has 1 nitrogen and oxygen atoms in total. The van der Waals surface area contributed by atoms with Crippen molar-refractivity contribution in [3.05, 3.63) is 0 Å². The Kier molecular flexibility index (Phi) is 2.32. The van der Waals surface area contributed by atoms with Gasteiger partial charge in [-0.25, -0.2) is 0 Å². The van der Waals surface area contributed by atoms with Crippen LogP contribution in [0.5, 0.6) is 0 Å². The zero-order chi connectivity index (χ0) is 5.98. The smallest absolute Gasteiger partial charge is 0.0934 e. The molecule has 1 saturated heterocycles. The summed E-state index contributed by atoms with van der Waals surface area (Å²) in [4.78, 5) is 0.618. The maximum atomic E-state index is 5.08. The summed E-state index contributed by atoms with van der Waals surface area (Å²) in [7, 11) is 0. The van der Waals surface area contributed by atoms with Gasteiger partial charge in [0.15, 0.2) is 0 Å². The molecule has 0 saturated carbocycles. The number of hydrogen-bond acceptors (Lipinski definition) is 1. The predicted octanol–water partition coefficient (Wildman–Crippen LogP) is 1.95. The minimum atomic E-state index is 0.537. The standard InChI is InChI=1S/C6H11BrO/c1-2-3-5(7)6-4-8-6/h5-6H,2-4H2,1H3. The minimum absolute atomic E-state index is 0.537. The van der Waals surface area contributed by atoms with Gasteiger partial charge in [-0.1, -0.05) is 29.3 Å². The Labute approximate surface area is 58.5 Å². The number of hydrogen-bond donors (Lipinski definition) is 0. The van der Waals surface area contributed by atoms with E-state index in [1.807, 2.05) is 0 Å². The van der Waals surface area contributed by atoms with Crippen molar-refractivity contribution in [1.29, 1.82) is 0 Å². The summed E-state index contributed by atoms with van der Waals surface area (Å²) in [5, 5.41) is 0. The van der Waals surface area contributed by atoms with Crippen LogP contribution >= 0.6 is 15.9 Å². The molecular formula is C6H11BrO. The van der Waals surface area contributed by atoms with Gasteiger partial charge in [0, 0.05) is 4.83 Å². The second-order valence-electron chi connectivity index (χ2n) is 2.18. The Morgan fingerprint density at radius 1 is 1.88 bits per heavy atom. The van der Waals surface area contributed by atoms with Gasteiger partial charge < -0.3 is 4.74 Å². The van der Waals surface area contributed by atoms with Crippen LogP contribution in [0.3, 0.4) is 0 Å². The van der Waals surface area contributed by atoms with Crippen molar-refractivity contribution >= 4 is 15.9 Å². The van der Waals surface area contributed by atoms with E-state index in [9.17, 15) is 0 Å². The molecule has 0 aromatic carbocycles. The third-order valence-electron chi connectivity index (χ3n) is 1.33. The monoisotopic (exact) mass is 178 g/mol. The average Bonchev–Trinajstić information content (AvgIpc) is 2.45. The molecule has 0 aromatic rings. The van der Waals surface area contributed by atoms with E-state index in [1.165, 1.54) is 12.8 Å². The summed E-state index contributed by atoms with van der Waals surface area (Å²) in [6, 6.07) is 0. The van der Waals surface area contributed by atoms with Crippen LogP contribution in [0.2, 0.25) is 0 Å². The number of ether oxygens (including phenoxy) is 1. The molecule has 0 N–H and O–H groups in total. The molecule has 8 heavy (non-hydrogen) atoms. The third-order valence-corrected chi connectivity index (χ3v) is 2.37. The molecule has 1 rings (SSSR count). The van der Waals surface area contributed by atoms with Crippen molar-refractivity contribution in [3.63, 3.8) is 0 Å². The maximum absolute atomic E-state index is 5.08. The van der Waals surface area contributed by atoms with Crippen molar-refractivity contribution in [1.82, 2.24) is 0 Å². The molecule has 1 aliphatic heterocycles. The lowest BCUT2D eigenvalue weighted by Crippen LogP contribution is -2.04. The summed E-state index contributed by atoms with van der Waals surface area (Å²) >= 11 is 3.54. The molecule has 1 heterocycles. The maximum Gasteiger partial charge on any atom is 0.0934 e. The van der Waals surface area contributed by atoms with E-state index in [0.717, 1.165) is 6.61 Å². The molecule has 0 bridgehead atoms. The molecule has 0 aliphatic carbocycles. The van der Waals surface area contributed by atoms with Crippen LogP contribution in [-0.4, -0.2) is 17.5 Å². The first-order chi connectivity index (χ1) is 3.84. The van der Waals surface area contributed by atoms with E-state index in [-0.39, 0.29) is 0 Å². The minimum Gasteiger partial charge on any atom is -0.372 e. The van der Waals surface area contributed by atoms with Gasteiger partial charge >= 0.3 is 0 Å². The Morgan fingerprint density at radius 3 is 2.88 bits per heavy atom. The van der Waals surface area contributed by atoms with Crippen molar-refractivity contribution in [2.45, 2.75) is 30.7 Å². The van der Waals surface area contributed by atoms with E-state index in [1.54, 1.807) is 0 Å². The first kappa shape index (κ1) is 6.56. The second-order valence-corrected chi connectivity index (χ2v) is 3.35. The van der Waals surface area contributed by atoms with Gasteiger partial charge in [-0.05, 0) is 6.42 Å². The molecule has 48 valence electrons. The van der Waals surface area contributed by atoms with E-state index in [4.69, 9.17) is 4.74 Å². The van der Waals surface area contributed by atoms with Crippen molar-refractivity contribution in [2.24, 2.45) is 0 Å². The van der Waals surface area contributed by atoms with Gasteiger partial charge in [-0.15, -0.1) is 0 Å². The van der Waals surface area contributed by atoms with Gasteiger partial charge in [-0.2, -0.15) is 0 Å². The lowest BCUT2D eigenvalue weighted by molar-refractivity contribution is 0.398. The van der Waals surface area contributed by atoms with Crippen molar-refractivity contribution in [3.8, 4) is 0 Å². The van der Waals surface area contributed by atoms with Gasteiger partial charge in [0.05, 0.1) is 12.7 Å². The summed E-state index contributed by atoms with van der Waals surface area (Å²) in [5.41, 5.74) is 0. The van der Waals surface area contributed by atoms with Gasteiger partial charge in [0.1, 0.15) is 0 Å². The van der Waals surface area contributed by atoms with E-state index in [0.29, 0.717) is 10.9 Å². The fraction of sp³-hybridized carbons (Fsp3) is 1.00. The summed E-state index contributed by atoms with van der Waals surface area (Å²) in [5.74, 6) is 0. The topological polar surface area (TPSA) is 12.5 Å². The Balaban J connectivity index is 2.03. The van der Waals surface area contributed by atoms with Gasteiger partial charge in [-0.3, -0.25) is 0 Å². The second kappa shape index (κ2) is 2.83. The molecule has 1 fully saturated rings. The molecule has 0 aromatic heterocycles. The normalized spacial score (nSPS) is 30.0. The first-order valence-electron chi connectivity index (χ1n) is 3.10. The van der Waals surface area contributed by atoms with E-state index < -0.39 is 0 Å². The molecule has 2 heteroatoms. The van der Waals surface area contributed by atoms with Crippen LogP contribution in [0.4, 0.5) is 0 Å². The Morgan fingerprint density at radius 2 is 2.50 bits per heavy atom. The highest BCUT2D eigenvalue weighted by atomic mass is 79.9. The Bertz CT molecular complexity index is 70.9. The molecular weight excluding hydrogens is 168 g/mol. The fourth-order valence-corrected chi connectivity index (χ4v) is 1.49. The summed E-state index contributed by atoms with van der Waals surface area (Å²) in [6.07, 6.45) is 3.02. The van der Waals surface area contributed by atoms with Crippen LogP contribution in [0, 0.1) is 0 Å². The SMILES string of the molecule is CCCC(Br)C1CO1. The van der Waals surface area contributed by atoms with E-state index in [2.05, 4.69) is 22.9 Å². The number of halogens is 1. The molecule has 2 atom stereocenters. The number of epoxide rings is 1. The van der Waals surface area contributed by atoms with Crippen molar-refractivity contribution in [2.75, 3.05) is 6.61 Å². The van der Waals surface area contributed by atoms with E-state index >= 15 is 0 Å². The highest BCUT2D eigenvalue weighted by molar-refractivity contribution is 9.09. The highest BCUT2D eigenvalue weighted by Gasteiger charge is 2.29. The predicted molar refractivity (Wildman–Crippen MR) is 37.4 cm³/mol. The fourth-order valence-electron chi connectivity index (χ4n) is 0.726. The highest BCUT2D eigenvalue weighted by Crippen LogP contribution is 2.23. The third kappa shape index (κ3) is 1.75. The average molecular weight is 179 g/mol. The van der Waals surface area contributed by atoms with Crippen LogP contribution < -0.4 is 0 Å². The van der Waals surface area contributed by atoms with Crippen LogP contribution in [0.1, 0.15) is 19.8 Å². The molecule has 2 unspecified atom stereocenters. The molecule has 0 amide bonds. The first-order valence-corrected chi connectivity index (χ1v) is 4.02. The van der Waals surface area contributed by atoms with Gasteiger partial charge in [0.25, 0.3) is 0 Å². The lowest BCUT2D eigenvalue weighted by Gasteiger charge is -2.00. The number of alkyl halides is 1. The molecule has 1 aliphatic rings. The zero-order valence-corrected chi connectivity index (χ0v) is 6.65. The van der Waals surface area contributed by atoms with Gasteiger partial charge in [0.2, 0.25) is 0 Å². The molecule has 0 radical (unpaired) electrons. The zero-order valence-electron chi connectivity index (χ0n) is 5.06. The van der Waals surface area contributed by atoms with Crippen LogP contribution in [0.15, 0.2) is 0 Å². The van der Waals surface area contributed by atoms with Crippen LogP contribution in [0.25, 0.3) is 0 Å². The summed E-state index contributed by atoms with van der Waals surface area (Å²) < 4.78 is 5.08. The largest absolute Gasteiger partial charge is 0.372 e. The Hall–Kier alpha value is 0.440. The number of rotatable bonds is 3.